The lowest BCUT2D eigenvalue weighted by Gasteiger charge is -2.04. The lowest BCUT2D eigenvalue weighted by atomic mass is 10.1. The molecule has 0 heterocycles. The lowest BCUT2D eigenvalue weighted by Crippen LogP contribution is -2.19. The summed E-state index contributed by atoms with van der Waals surface area (Å²) in [5, 5.41) is 2.63. The molecule has 0 aromatic carbocycles. The van der Waals surface area contributed by atoms with Gasteiger partial charge in [-0.25, -0.2) is 4.39 Å². The van der Waals surface area contributed by atoms with E-state index in [9.17, 15) is 9.18 Å². The van der Waals surface area contributed by atoms with Crippen LogP contribution in [-0.4, -0.2) is 12.5 Å². The van der Waals surface area contributed by atoms with Gasteiger partial charge in [0.2, 0.25) is 5.91 Å². The molecular formula is C11H18FNO. The van der Waals surface area contributed by atoms with E-state index in [1.165, 1.54) is 13.0 Å². The van der Waals surface area contributed by atoms with Crippen LogP contribution in [0.15, 0.2) is 24.1 Å². The van der Waals surface area contributed by atoms with Crippen LogP contribution in [0.25, 0.3) is 0 Å². The molecule has 0 rings (SSSR count). The van der Waals surface area contributed by atoms with E-state index in [-0.39, 0.29) is 17.7 Å². The van der Waals surface area contributed by atoms with Gasteiger partial charge < -0.3 is 5.32 Å². The number of carbonyl (C=O) groups excluding carboxylic acids is 1. The molecule has 1 amide bonds. The molecule has 14 heavy (non-hydrogen) atoms. The average Bonchev–Trinajstić information content (AvgIpc) is 2.15. The van der Waals surface area contributed by atoms with Crippen LogP contribution in [0.3, 0.4) is 0 Å². The zero-order valence-corrected chi connectivity index (χ0v) is 9.01. The Morgan fingerprint density at radius 1 is 1.50 bits per heavy atom. The van der Waals surface area contributed by atoms with Crippen molar-refractivity contribution < 1.29 is 9.18 Å². The Bertz CT molecular complexity index is 233. The zero-order chi connectivity index (χ0) is 11.0. The van der Waals surface area contributed by atoms with Crippen molar-refractivity contribution in [3.8, 4) is 0 Å². The van der Waals surface area contributed by atoms with E-state index < -0.39 is 0 Å². The standard InChI is InChI=1S/C11H18FNO/c1-4-11(12)9(2)7-5-6-8-13-10(3)14/h4-6,9H,7-8H2,1-3H3,(H,13,14)/b6-5+,11-4+. The Kier molecular flexibility index (Phi) is 6.72. The van der Waals surface area contributed by atoms with Gasteiger partial charge in [-0.3, -0.25) is 4.79 Å². The average molecular weight is 199 g/mol. The van der Waals surface area contributed by atoms with E-state index in [0.717, 1.165) is 0 Å². The number of allylic oxidation sites excluding steroid dienone is 3. The second-order valence-electron chi connectivity index (χ2n) is 3.22. The molecule has 1 atom stereocenters. The normalized spacial score (nSPS) is 14.4. The minimum Gasteiger partial charge on any atom is -0.353 e. The first-order valence-corrected chi connectivity index (χ1v) is 4.79. The first-order chi connectivity index (χ1) is 6.57. The maximum Gasteiger partial charge on any atom is 0.217 e. The monoisotopic (exact) mass is 199 g/mol. The molecule has 0 spiro atoms. The molecule has 1 N–H and O–H groups in total. The van der Waals surface area contributed by atoms with Crippen LogP contribution in [0.4, 0.5) is 4.39 Å². The molecule has 0 radical (unpaired) electrons. The first kappa shape index (κ1) is 12.9. The van der Waals surface area contributed by atoms with Crippen molar-refractivity contribution in [2.24, 2.45) is 5.92 Å². The molecule has 0 saturated carbocycles. The molecule has 0 bridgehead atoms. The van der Waals surface area contributed by atoms with Gasteiger partial charge in [0.15, 0.2) is 0 Å². The molecule has 0 fully saturated rings. The first-order valence-electron chi connectivity index (χ1n) is 4.79. The van der Waals surface area contributed by atoms with Crippen molar-refractivity contribution in [2.75, 3.05) is 6.54 Å². The van der Waals surface area contributed by atoms with Crippen LogP contribution in [0.5, 0.6) is 0 Å². The predicted molar refractivity (Wildman–Crippen MR) is 56.5 cm³/mol. The van der Waals surface area contributed by atoms with E-state index in [0.29, 0.717) is 13.0 Å². The molecule has 0 aliphatic heterocycles. The second-order valence-corrected chi connectivity index (χ2v) is 3.22. The van der Waals surface area contributed by atoms with E-state index in [1.54, 1.807) is 6.92 Å². The molecule has 0 aromatic heterocycles. The van der Waals surface area contributed by atoms with Crippen molar-refractivity contribution in [2.45, 2.75) is 27.2 Å². The smallest absolute Gasteiger partial charge is 0.217 e. The Morgan fingerprint density at radius 3 is 2.64 bits per heavy atom. The highest BCUT2D eigenvalue weighted by atomic mass is 19.1. The van der Waals surface area contributed by atoms with Crippen LogP contribution < -0.4 is 5.32 Å². The molecule has 0 saturated heterocycles. The number of carbonyl (C=O) groups is 1. The van der Waals surface area contributed by atoms with Gasteiger partial charge in [-0.2, -0.15) is 0 Å². The van der Waals surface area contributed by atoms with Crippen LogP contribution in [-0.2, 0) is 4.79 Å². The summed E-state index contributed by atoms with van der Waals surface area (Å²) < 4.78 is 12.9. The van der Waals surface area contributed by atoms with E-state index in [4.69, 9.17) is 0 Å². The zero-order valence-electron chi connectivity index (χ0n) is 9.01. The molecule has 0 aromatic rings. The van der Waals surface area contributed by atoms with Gasteiger partial charge in [0.1, 0.15) is 0 Å². The molecule has 1 unspecified atom stereocenters. The Labute approximate surface area is 84.9 Å². The highest BCUT2D eigenvalue weighted by Gasteiger charge is 2.03. The summed E-state index contributed by atoms with van der Waals surface area (Å²) in [5.74, 6) is -0.218. The number of amides is 1. The summed E-state index contributed by atoms with van der Waals surface area (Å²) in [6.45, 7) is 5.50. The maximum atomic E-state index is 12.9. The molecular weight excluding hydrogens is 181 g/mol. The Hall–Kier alpha value is -1.12. The topological polar surface area (TPSA) is 29.1 Å². The van der Waals surface area contributed by atoms with Gasteiger partial charge in [0.05, 0.1) is 5.83 Å². The fourth-order valence-corrected chi connectivity index (χ4v) is 0.983. The van der Waals surface area contributed by atoms with Gasteiger partial charge in [-0.15, -0.1) is 0 Å². The van der Waals surface area contributed by atoms with Crippen LogP contribution in [0, 0.1) is 5.92 Å². The highest BCUT2D eigenvalue weighted by Crippen LogP contribution is 2.15. The number of halogens is 1. The van der Waals surface area contributed by atoms with Gasteiger partial charge in [-0.05, 0) is 13.3 Å². The number of nitrogens with one attached hydrogen (secondary N) is 1. The molecule has 2 nitrogen and oxygen atoms in total. The summed E-state index contributed by atoms with van der Waals surface area (Å²) in [7, 11) is 0. The third kappa shape index (κ3) is 6.40. The van der Waals surface area contributed by atoms with Crippen LogP contribution in [0.1, 0.15) is 27.2 Å². The number of hydrogen-bond acceptors (Lipinski definition) is 1. The largest absolute Gasteiger partial charge is 0.353 e. The number of hydrogen-bond donors (Lipinski definition) is 1. The summed E-state index contributed by atoms with van der Waals surface area (Å²) in [5.41, 5.74) is 0. The summed E-state index contributed by atoms with van der Waals surface area (Å²) in [6, 6.07) is 0. The summed E-state index contributed by atoms with van der Waals surface area (Å²) in [6.07, 6.45) is 5.85. The van der Waals surface area contributed by atoms with Crippen LogP contribution >= 0.6 is 0 Å². The molecule has 80 valence electrons. The predicted octanol–water partition coefficient (Wildman–Crippen LogP) is 2.58. The van der Waals surface area contributed by atoms with E-state index >= 15 is 0 Å². The minimum atomic E-state index is -0.0887. The van der Waals surface area contributed by atoms with Crippen LogP contribution in [0.2, 0.25) is 0 Å². The quantitative estimate of drug-likeness (QED) is 0.677. The fraction of sp³-hybridized carbons (Fsp3) is 0.545. The van der Waals surface area contributed by atoms with Gasteiger partial charge in [0.25, 0.3) is 0 Å². The van der Waals surface area contributed by atoms with Gasteiger partial charge in [0, 0.05) is 19.4 Å². The number of rotatable bonds is 5. The maximum absolute atomic E-state index is 12.9. The van der Waals surface area contributed by atoms with Crippen molar-refractivity contribution in [3.05, 3.63) is 24.1 Å². The van der Waals surface area contributed by atoms with Crippen molar-refractivity contribution >= 4 is 5.91 Å². The van der Waals surface area contributed by atoms with Gasteiger partial charge in [-0.1, -0.05) is 25.2 Å². The highest BCUT2D eigenvalue weighted by molar-refractivity contribution is 5.72. The third-order valence-electron chi connectivity index (χ3n) is 1.87. The van der Waals surface area contributed by atoms with Crippen molar-refractivity contribution in [1.29, 1.82) is 0 Å². The molecule has 0 aliphatic carbocycles. The third-order valence-corrected chi connectivity index (χ3v) is 1.87. The summed E-state index contributed by atoms with van der Waals surface area (Å²) in [4.78, 5) is 10.5. The second kappa shape index (κ2) is 7.30. The van der Waals surface area contributed by atoms with E-state index in [2.05, 4.69) is 5.32 Å². The van der Waals surface area contributed by atoms with Crippen molar-refractivity contribution in [1.82, 2.24) is 5.32 Å². The molecule has 3 heteroatoms. The lowest BCUT2D eigenvalue weighted by molar-refractivity contribution is -0.118. The Morgan fingerprint density at radius 2 is 2.14 bits per heavy atom. The SMILES string of the molecule is C/C=C(/F)C(C)C/C=C/CNC(C)=O. The minimum absolute atomic E-state index is 0.0534. The summed E-state index contributed by atoms with van der Waals surface area (Å²) >= 11 is 0. The van der Waals surface area contributed by atoms with E-state index in [1.807, 2.05) is 19.1 Å². The Balaban J connectivity index is 3.66. The van der Waals surface area contributed by atoms with Crippen molar-refractivity contribution in [3.63, 3.8) is 0 Å². The fourth-order valence-electron chi connectivity index (χ4n) is 0.983. The molecule has 0 aliphatic rings. The van der Waals surface area contributed by atoms with Gasteiger partial charge >= 0.3 is 0 Å².